The highest BCUT2D eigenvalue weighted by Gasteiger charge is 2.41. The molecule has 1 fully saturated rings. The number of carboxylic acid groups (broad SMARTS) is 1. The maximum absolute atomic E-state index is 12.3. The quantitative estimate of drug-likeness (QED) is 0.848. The number of carbonyl (C=O) groups is 2. The van der Waals surface area contributed by atoms with E-state index in [4.69, 9.17) is 11.6 Å². The number of carbonyl (C=O) groups excluding carboxylic acids is 1. The summed E-state index contributed by atoms with van der Waals surface area (Å²) in [5.74, 6) is -1.08. The number of rotatable bonds is 6. The van der Waals surface area contributed by atoms with E-state index in [-0.39, 0.29) is 12.5 Å². The van der Waals surface area contributed by atoms with Gasteiger partial charge in [0.2, 0.25) is 0 Å². The first-order valence-electron chi connectivity index (χ1n) is 7.36. The summed E-state index contributed by atoms with van der Waals surface area (Å²) in [6, 6.07) is 1.62. The lowest BCUT2D eigenvalue weighted by Crippen LogP contribution is -2.41. The van der Waals surface area contributed by atoms with Crippen LogP contribution >= 0.6 is 11.6 Å². The second-order valence-corrected chi connectivity index (χ2v) is 6.15. The van der Waals surface area contributed by atoms with Crippen LogP contribution in [0.2, 0.25) is 5.02 Å². The van der Waals surface area contributed by atoms with Crippen LogP contribution in [0.25, 0.3) is 0 Å². The molecule has 0 aliphatic heterocycles. The Morgan fingerprint density at radius 2 is 2.10 bits per heavy atom. The number of aromatic nitrogens is 1. The van der Waals surface area contributed by atoms with Gasteiger partial charge in [-0.2, -0.15) is 0 Å². The highest BCUT2D eigenvalue weighted by molar-refractivity contribution is 6.31. The van der Waals surface area contributed by atoms with Gasteiger partial charge in [0.25, 0.3) is 5.91 Å². The van der Waals surface area contributed by atoms with Crippen LogP contribution in [0.4, 0.5) is 0 Å². The van der Waals surface area contributed by atoms with E-state index in [2.05, 4.69) is 5.32 Å². The van der Waals surface area contributed by atoms with Gasteiger partial charge < -0.3 is 15.0 Å². The molecule has 1 saturated carbocycles. The lowest BCUT2D eigenvalue weighted by molar-refractivity contribution is -0.148. The highest BCUT2D eigenvalue weighted by atomic mass is 35.5. The number of aryl methyl sites for hydroxylation is 1. The molecular weight excluding hydrogens is 292 g/mol. The second kappa shape index (κ2) is 6.52. The van der Waals surface area contributed by atoms with Gasteiger partial charge in [0, 0.05) is 19.3 Å². The lowest BCUT2D eigenvalue weighted by atomic mass is 9.86. The molecule has 0 radical (unpaired) electrons. The Kier molecular flexibility index (Phi) is 4.93. The molecule has 5 nitrogen and oxygen atoms in total. The predicted octanol–water partition coefficient (Wildman–Crippen LogP) is 2.93. The molecule has 0 aromatic carbocycles. The summed E-state index contributed by atoms with van der Waals surface area (Å²) in [5, 5.41) is 12.7. The molecule has 0 bridgehead atoms. The van der Waals surface area contributed by atoms with Gasteiger partial charge in [-0.05, 0) is 25.3 Å². The van der Waals surface area contributed by atoms with Crippen LogP contribution in [-0.4, -0.2) is 28.1 Å². The Morgan fingerprint density at radius 3 is 2.67 bits per heavy atom. The van der Waals surface area contributed by atoms with E-state index in [9.17, 15) is 14.7 Å². The maximum Gasteiger partial charge on any atom is 0.311 e. The Bertz CT molecular complexity index is 533. The Morgan fingerprint density at radius 1 is 1.43 bits per heavy atom. The third kappa shape index (κ3) is 3.40. The molecule has 2 N–H and O–H groups in total. The van der Waals surface area contributed by atoms with Crippen LogP contribution in [0.3, 0.4) is 0 Å². The molecule has 1 aliphatic carbocycles. The van der Waals surface area contributed by atoms with Gasteiger partial charge in [0.1, 0.15) is 5.69 Å². The highest BCUT2D eigenvalue weighted by Crippen LogP contribution is 2.37. The number of aliphatic carboxylic acids is 1. The fourth-order valence-electron chi connectivity index (χ4n) is 2.95. The summed E-state index contributed by atoms with van der Waals surface area (Å²) >= 11 is 5.96. The smallest absolute Gasteiger partial charge is 0.311 e. The molecule has 1 aliphatic rings. The molecule has 1 aromatic rings. The summed E-state index contributed by atoms with van der Waals surface area (Å²) in [7, 11) is 0. The third-order valence-electron chi connectivity index (χ3n) is 4.16. The topological polar surface area (TPSA) is 71.3 Å². The van der Waals surface area contributed by atoms with E-state index in [0.29, 0.717) is 30.1 Å². The van der Waals surface area contributed by atoms with Crippen molar-refractivity contribution in [3.05, 3.63) is 23.0 Å². The number of hydrogen-bond donors (Lipinski definition) is 2. The zero-order valence-electron chi connectivity index (χ0n) is 12.2. The van der Waals surface area contributed by atoms with Crippen LogP contribution in [0.5, 0.6) is 0 Å². The number of carboxylic acids is 1. The number of nitrogens with zero attached hydrogens (tertiary/aromatic N) is 1. The first-order chi connectivity index (χ1) is 9.98. The van der Waals surface area contributed by atoms with Crippen molar-refractivity contribution in [1.29, 1.82) is 0 Å². The predicted molar refractivity (Wildman–Crippen MR) is 80.6 cm³/mol. The van der Waals surface area contributed by atoms with Gasteiger partial charge in [-0.3, -0.25) is 9.59 Å². The molecule has 1 amide bonds. The number of hydrogen-bond acceptors (Lipinski definition) is 2. The van der Waals surface area contributed by atoms with Gasteiger partial charge in [-0.25, -0.2) is 0 Å². The summed E-state index contributed by atoms with van der Waals surface area (Å²) in [6.07, 6.45) is 5.67. The van der Waals surface area contributed by atoms with E-state index in [0.717, 1.165) is 19.3 Å². The first-order valence-corrected chi connectivity index (χ1v) is 7.73. The van der Waals surface area contributed by atoms with Gasteiger partial charge in [0.15, 0.2) is 0 Å². The lowest BCUT2D eigenvalue weighted by Gasteiger charge is -2.24. The van der Waals surface area contributed by atoms with Gasteiger partial charge in [-0.15, -0.1) is 0 Å². The number of amides is 1. The van der Waals surface area contributed by atoms with Crippen LogP contribution in [0.15, 0.2) is 12.3 Å². The summed E-state index contributed by atoms with van der Waals surface area (Å²) in [4.78, 5) is 23.8. The first kappa shape index (κ1) is 15.9. The van der Waals surface area contributed by atoms with Gasteiger partial charge >= 0.3 is 5.97 Å². The minimum Gasteiger partial charge on any atom is -0.481 e. The average Bonchev–Trinajstić information content (AvgIpc) is 3.04. The fourth-order valence-corrected chi connectivity index (χ4v) is 3.17. The fraction of sp³-hybridized carbons (Fsp3) is 0.600. The van der Waals surface area contributed by atoms with E-state index in [1.54, 1.807) is 16.8 Å². The van der Waals surface area contributed by atoms with Crippen molar-refractivity contribution in [1.82, 2.24) is 9.88 Å². The molecule has 116 valence electrons. The second-order valence-electron chi connectivity index (χ2n) is 5.71. The molecule has 21 heavy (non-hydrogen) atoms. The molecule has 0 saturated heterocycles. The molecular formula is C15H21ClN2O3. The minimum atomic E-state index is -0.817. The van der Waals surface area contributed by atoms with Crippen LogP contribution in [0.1, 0.15) is 49.5 Å². The summed E-state index contributed by atoms with van der Waals surface area (Å²) in [5.41, 5.74) is -0.317. The standard InChI is InChI=1S/C15H21ClN2O3/c1-2-7-18-9-11(16)8-12(18)13(19)17-10-15(14(20)21)5-3-4-6-15/h8-9H,2-7,10H2,1H3,(H,17,19)(H,20,21). The van der Waals surface area contributed by atoms with Crippen molar-refractivity contribution in [3.63, 3.8) is 0 Å². The van der Waals surface area contributed by atoms with Crippen molar-refractivity contribution in [2.45, 2.75) is 45.6 Å². The third-order valence-corrected chi connectivity index (χ3v) is 4.37. The zero-order valence-corrected chi connectivity index (χ0v) is 12.9. The Balaban J connectivity index is 2.06. The van der Waals surface area contributed by atoms with Gasteiger partial charge in [0.05, 0.1) is 10.4 Å². The molecule has 0 spiro atoms. The average molecular weight is 313 g/mol. The molecule has 2 rings (SSSR count). The molecule has 0 unspecified atom stereocenters. The SMILES string of the molecule is CCCn1cc(Cl)cc1C(=O)NCC1(C(=O)O)CCCC1. The molecule has 1 aromatic heterocycles. The van der Waals surface area contributed by atoms with Crippen molar-refractivity contribution in [3.8, 4) is 0 Å². The normalized spacial score (nSPS) is 16.9. The zero-order chi connectivity index (χ0) is 15.5. The van der Waals surface area contributed by atoms with E-state index >= 15 is 0 Å². The van der Waals surface area contributed by atoms with Crippen LogP contribution in [0, 0.1) is 5.41 Å². The Hall–Kier alpha value is -1.49. The number of halogens is 1. The maximum atomic E-state index is 12.3. The minimum absolute atomic E-state index is 0.177. The largest absolute Gasteiger partial charge is 0.481 e. The van der Waals surface area contributed by atoms with E-state index in [1.165, 1.54) is 0 Å². The number of nitrogens with one attached hydrogen (secondary N) is 1. The van der Waals surface area contributed by atoms with Crippen molar-refractivity contribution in [2.24, 2.45) is 5.41 Å². The van der Waals surface area contributed by atoms with Crippen molar-refractivity contribution in [2.75, 3.05) is 6.54 Å². The van der Waals surface area contributed by atoms with E-state index in [1.807, 2.05) is 6.92 Å². The Labute approximate surface area is 129 Å². The monoisotopic (exact) mass is 312 g/mol. The van der Waals surface area contributed by atoms with Crippen LogP contribution in [-0.2, 0) is 11.3 Å². The summed E-state index contributed by atoms with van der Waals surface area (Å²) < 4.78 is 1.81. The van der Waals surface area contributed by atoms with Crippen molar-refractivity contribution >= 4 is 23.5 Å². The molecule has 1 heterocycles. The van der Waals surface area contributed by atoms with Crippen LogP contribution < -0.4 is 5.32 Å². The van der Waals surface area contributed by atoms with Gasteiger partial charge in [-0.1, -0.05) is 31.4 Å². The molecule has 6 heteroatoms. The molecule has 0 atom stereocenters. The summed E-state index contributed by atoms with van der Waals surface area (Å²) in [6.45, 7) is 2.91. The van der Waals surface area contributed by atoms with E-state index < -0.39 is 11.4 Å². The van der Waals surface area contributed by atoms with Crippen molar-refractivity contribution < 1.29 is 14.7 Å².